The molecule has 2 aromatic carbocycles. The number of carboxylic acid groups (broad SMARTS) is 1. The average molecular weight is 306 g/mol. The summed E-state index contributed by atoms with van der Waals surface area (Å²) < 4.78 is 32.0. The number of ether oxygens (including phenoxy) is 1. The van der Waals surface area contributed by atoms with Gasteiger partial charge in [0.05, 0.1) is 17.7 Å². The van der Waals surface area contributed by atoms with Gasteiger partial charge in [-0.05, 0) is 42.3 Å². The molecule has 6 heteroatoms. The zero-order valence-corrected chi connectivity index (χ0v) is 11.6. The second-order valence-electron chi connectivity index (χ2n) is 4.41. The van der Waals surface area contributed by atoms with Gasteiger partial charge >= 0.3 is 11.9 Å². The predicted molar refractivity (Wildman–Crippen MR) is 74.7 cm³/mol. The zero-order valence-electron chi connectivity index (χ0n) is 11.6. The first kappa shape index (κ1) is 15.6. The maximum atomic E-state index is 14.0. The quantitative estimate of drug-likeness (QED) is 0.878. The molecule has 0 unspecified atom stereocenters. The molecule has 0 aliphatic rings. The smallest absolute Gasteiger partial charge is 0.341 e. The molecule has 0 atom stereocenters. The zero-order chi connectivity index (χ0) is 16.3. The maximum Gasteiger partial charge on any atom is 0.341 e. The summed E-state index contributed by atoms with van der Waals surface area (Å²) in [4.78, 5) is 22.4. The first-order valence-corrected chi connectivity index (χ1v) is 6.44. The first-order valence-electron chi connectivity index (χ1n) is 6.44. The van der Waals surface area contributed by atoms with E-state index in [-0.39, 0.29) is 12.2 Å². The lowest BCUT2D eigenvalue weighted by Crippen LogP contribution is -2.07. The summed E-state index contributed by atoms with van der Waals surface area (Å²) in [7, 11) is 0. The molecular formula is C16H12F2O4. The molecule has 0 radical (unpaired) electrons. The van der Waals surface area contributed by atoms with E-state index in [0.29, 0.717) is 11.1 Å². The standard InChI is InChI=1S/C16H12F2O4/c1-2-22-16(21)11-5-3-10(8-14(11)18)9-4-6-13(17)12(7-9)15(19)20/h3-8H,2H2,1H3,(H,19,20). The number of halogens is 2. The monoisotopic (exact) mass is 306 g/mol. The van der Waals surface area contributed by atoms with E-state index in [2.05, 4.69) is 0 Å². The molecule has 0 amide bonds. The molecule has 0 aliphatic carbocycles. The number of carbonyl (C=O) groups is 2. The summed E-state index contributed by atoms with van der Waals surface area (Å²) in [6.45, 7) is 1.73. The Bertz CT molecular complexity index is 741. The van der Waals surface area contributed by atoms with Crippen LogP contribution in [0.3, 0.4) is 0 Å². The Balaban J connectivity index is 2.42. The van der Waals surface area contributed by atoms with Crippen LogP contribution < -0.4 is 0 Å². The van der Waals surface area contributed by atoms with Crippen LogP contribution in [-0.4, -0.2) is 23.7 Å². The molecule has 0 spiro atoms. The summed E-state index contributed by atoms with van der Waals surface area (Å²) in [5.74, 6) is -3.86. The van der Waals surface area contributed by atoms with Gasteiger partial charge in [0.25, 0.3) is 0 Å². The normalized spacial score (nSPS) is 10.3. The van der Waals surface area contributed by atoms with Gasteiger partial charge in [0.2, 0.25) is 0 Å². The summed E-state index contributed by atoms with van der Waals surface area (Å²) in [6, 6.07) is 7.19. The van der Waals surface area contributed by atoms with Crippen LogP contribution in [-0.2, 0) is 4.74 Å². The van der Waals surface area contributed by atoms with E-state index in [0.717, 1.165) is 18.2 Å². The Morgan fingerprint density at radius 2 is 1.64 bits per heavy atom. The van der Waals surface area contributed by atoms with Crippen molar-refractivity contribution in [1.82, 2.24) is 0 Å². The molecule has 4 nitrogen and oxygen atoms in total. The molecule has 0 heterocycles. The van der Waals surface area contributed by atoms with Crippen LogP contribution >= 0.6 is 0 Å². The average Bonchev–Trinajstić information content (AvgIpc) is 2.47. The molecule has 0 bridgehead atoms. The number of hydrogen-bond donors (Lipinski definition) is 1. The molecule has 0 saturated heterocycles. The van der Waals surface area contributed by atoms with Gasteiger partial charge in [-0.3, -0.25) is 0 Å². The van der Waals surface area contributed by atoms with Crippen molar-refractivity contribution < 1.29 is 28.2 Å². The molecule has 0 aliphatic heterocycles. The Hall–Kier alpha value is -2.76. The fourth-order valence-corrected chi connectivity index (χ4v) is 1.94. The minimum Gasteiger partial charge on any atom is -0.478 e. The lowest BCUT2D eigenvalue weighted by molar-refractivity contribution is 0.0520. The Kier molecular flexibility index (Phi) is 4.50. The molecule has 2 aromatic rings. The fourth-order valence-electron chi connectivity index (χ4n) is 1.94. The minimum atomic E-state index is -1.41. The summed E-state index contributed by atoms with van der Waals surface area (Å²) in [5.41, 5.74) is -0.0697. The van der Waals surface area contributed by atoms with Crippen LogP contribution in [0.1, 0.15) is 27.6 Å². The van der Waals surface area contributed by atoms with E-state index in [1.54, 1.807) is 6.92 Å². The van der Waals surface area contributed by atoms with Crippen molar-refractivity contribution in [1.29, 1.82) is 0 Å². The highest BCUT2D eigenvalue weighted by molar-refractivity contribution is 5.91. The second kappa shape index (κ2) is 6.34. The van der Waals surface area contributed by atoms with E-state index in [4.69, 9.17) is 9.84 Å². The van der Waals surface area contributed by atoms with Gasteiger partial charge in [0, 0.05) is 0 Å². The third-order valence-corrected chi connectivity index (χ3v) is 2.99. The Morgan fingerprint density at radius 1 is 1.00 bits per heavy atom. The number of carbonyl (C=O) groups excluding carboxylic acids is 1. The van der Waals surface area contributed by atoms with E-state index >= 15 is 0 Å². The molecule has 22 heavy (non-hydrogen) atoms. The minimum absolute atomic E-state index is 0.125. The van der Waals surface area contributed by atoms with Gasteiger partial charge in [-0.25, -0.2) is 18.4 Å². The number of benzene rings is 2. The van der Waals surface area contributed by atoms with Crippen LogP contribution in [0, 0.1) is 11.6 Å². The highest BCUT2D eigenvalue weighted by atomic mass is 19.1. The molecule has 2 rings (SSSR count). The van der Waals surface area contributed by atoms with Crippen LogP contribution in [0.4, 0.5) is 8.78 Å². The van der Waals surface area contributed by atoms with Crippen molar-refractivity contribution in [2.24, 2.45) is 0 Å². The van der Waals surface area contributed by atoms with E-state index in [1.165, 1.54) is 18.2 Å². The molecule has 0 fully saturated rings. The van der Waals surface area contributed by atoms with Crippen molar-refractivity contribution >= 4 is 11.9 Å². The van der Waals surface area contributed by atoms with Crippen molar-refractivity contribution in [3.05, 3.63) is 59.2 Å². The Morgan fingerprint density at radius 3 is 2.23 bits per heavy atom. The number of hydrogen-bond acceptors (Lipinski definition) is 3. The maximum absolute atomic E-state index is 14.0. The molecule has 0 aromatic heterocycles. The molecule has 1 N–H and O–H groups in total. The van der Waals surface area contributed by atoms with E-state index < -0.39 is 29.1 Å². The molecular weight excluding hydrogens is 294 g/mol. The van der Waals surface area contributed by atoms with Crippen LogP contribution in [0.15, 0.2) is 36.4 Å². The molecule has 114 valence electrons. The van der Waals surface area contributed by atoms with Crippen LogP contribution in [0.2, 0.25) is 0 Å². The van der Waals surface area contributed by atoms with E-state index in [9.17, 15) is 18.4 Å². The second-order valence-corrected chi connectivity index (χ2v) is 4.41. The first-order chi connectivity index (χ1) is 10.4. The Labute approximate surface area is 125 Å². The number of esters is 1. The van der Waals surface area contributed by atoms with Gasteiger partial charge < -0.3 is 9.84 Å². The number of rotatable bonds is 4. The fraction of sp³-hybridized carbons (Fsp3) is 0.125. The largest absolute Gasteiger partial charge is 0.478 e. The summed E-state index contributed by atoms with van der Waals surface area (Å²) >= 11 is 0. The van der Waals surface area contributed by atoms with Crippen molar-refractivity contribution in [3.63, 3.8) is 0 Å². The SMILES string of the molecule is CCOC(=O)c1ccc(-c2ccc(F)c(C(=O)O)c2)cc1F. The number of aromatic carboxylic acids is 1. The third kappa shape index (κ3) is 3.11. The van der Waals surface area contributed by atoms with Gasteiger partial charge in [-0.2, -0.15) is 0 Å². The summed E-state index contributed by atoms with van der Waals surface area (Å²) in [6.07, 6.45) is 0. The van der Waals surface area contributed by atoms with Gasteiger partial charge in [-0.1, -0.05) is 12.1 Å². The van der Waals surface area contributed by atoms with Gasteiger partial charge in [0.15, 0.2) is 0 Å². The van der Waals surface area contributed by atoms with Gasteiger partial charge in [-0.15, -0.1) is 0 Å². The van der Waals surface area contributed by atoms with Crippen molar-refractivity contribution in [2.45, 2.75) is 6.92 Å². The summed E-state index contributed by atoms with van der Waals surface area (Å²) in [5, 5.41) is 8.89. The number of carboxylic acids is 1. The topological polar surface area (TPSA) is 63.6 Å². The van der Waals surface area contributed by atoms with Crippen molar-refractivity contribution in [3.8, 4) is 11.1 Å². The van der Waals surface area contributed by atoms with Crippen LogP contribution in [0.25, 0.3) is 11.1 Å². The highest BCUT2D eigenvalue weighted by Crippen LogP contribution is 2.24. The molecule has 0 saturated carbocycles. The highest BCUT2D eigenvalue weighted by Gasteiger charge is 2.15. The van der Waals surface area contributed by atoms with Gasteiger partial charge in [0.1, 0.15) is 11.6 Å². The van der Waals surface area contributed by atoms with E-state index in [1.807, 2.05) is 0 Å². The third-order valence-electron chi connectivity index (χ3n) is 2.99. The lowest BCUT2D eigenvalue weighted by atomic mass is 10.0. The lowest BCUT2D eigenvalue weighted by Gasteiger charge is -2.07. The predicted octanol–water partition coefficient (Wildman–Crippen LogP) is 3.51. The van der Waals surface area contributed by atoms with Crippen molar-refractivity contribution in [2.75, 3.05) is 6.61 Å². The van der Waals surface area contributed by atoms with Crippen LogP contribution in [0.5, 0.6) is 0 Å².